The lowest BCUT2D eigenvalue weighted by molar-refractivity contribution is 0.299. The van der Waals surface area contributed by atoms with E-state index in [0.717, 1.165) is 60.5 Å². The summed E-state index contributed by atoms with van der Waals surface area (Å²) in [7, 11) is 0. The fourth-order valence-electron chi connectivity index (χ4n) is 8.97. The minimum Gasteiger partial charge on any atom is -0.435 e. The van der Waals surface area contributed by atoms with Crippen LogP contribution in [-0.4, -0.2) is 19.9 Å². The van der Waals surface area contributed by atoms with Crippen LogP contribution in [0.15, 0.2) is 174 Å². The molecular weight excluding hydrogens is 721 g/mol. The first-order chi connectivity index (χ1) is 28.7. The average molecular weight is 761 g/mol. The Hall–Kier alpha value is -7.24. The second-order valence-electron chi connectivity index (χ2n) is 16.7. The maximum absolute atomic E-state index is 6.54. The molecule has 0 bridgehead atoms. The number of aromatic nitrogens is 4. The summed E-state index contributed by atoms with van der Waals surface area (Å²) in [5.74, 6) is 2.44. The molecule has 5 nitrogen and oxygen atoms in total. The Labute approximate surface area is 343 Å². The third-order valence-electron chi connectivity index (χ3n) is 12.9. The van der Waals surface area contributed by atoms with E-state index in [1.807, 2.05) is 66.7 Å². The zero-order valence-corrected chi connectivity index (χ0v) is 33.4. The molecule has 0 saturated heterocycles. The summed E-state index contributed by atoms with van der Waals surface area (Å²) in [6.45, 7) is 9.51. The van der Waals surface area contributed by atoms with E-state index in [4.69, 9.17) is 24.4 Å². The fourth-order valence-corrected chi connectivity index (χ4v) is 8.97. The van der Waals surface area contributed by atoms with Crippen LogP contribution < -0.4 is 0 Å². The van der Waals surface area contributed by atoms with Crippen molar-refractivity contribution in [2.75, 3.05) is 0 Å². The Morgan fingerprint density at radius 2 is 0.932 bits per heavy atom. The lowest BCUT2D eigenvalue weighted by Crippen LogP contribution is -2.43. The molecule has 1 aliphatic carbocycles. The van der Waals surface area contributed by atoms with E-state index in [1.165, 1.54) is 27.8 Å². The van der Waals surface area contributed by atoms with Crippen molar-refractivity contribution in [2.24, 2.45) is 0 Å². The first kappa shape index (κ1) is 35.0. The van der Waals surface area contributed by atoms with E-state index in [1.54, 1.807) is 0 Å². The fraction of sp³-hybridized carbons (Fsp3) is 0.111. The van der Waals surface area contributed by atoms with Crippen molar-refractivity contribution in [1.29, 1.82) is 0 Å². The van der Waals surface area contributed by atoms with E-state index in [-0.39, 0.29) is 10.8 Å². The summed E-state index contributed by atoms with van der Waals surface area (Å²) in [5.41, 5.74) is 12.8. The van der Waals surface area contributed by atoms with Crippen molar-refractivity contribution in [3.05, 3.63) is 181 Å². The lowest BCUT2D eigenvalue weighted by atomic mass is 9.55. The first-order valence-corrected chi connectivity index (χ1v) is 20.2. The number of rotatable bonds is 5. The minimum absolute atomic E-state index is 0.0484. The summed E-state index contributed by atoms with van der Waals surface area (Å²) in [6, 6.07) is 59.5. The van der Waals surface area contributed by atoms with Crippen molar-refractivity contribution in [3.8, 4) is 67.9 Å². The highest BCUT2D eigenvalue weighted by molar-refractivity contribution is 6.18. The summed E-state index contributed by atoms with van der Waals surface area (Å²) < 4.78 is 6.54. The Morgan fingerprint density at radius 3 is 1.71 bits per heavy atom. The van der Waals surface area contributed by atoms with Gasteiger partial charge in [0, 0.05) is 27.6 Å². The quantitative estimate of drug-likeness (QED) is 0.163. The van der Waals surface area contributed by atoms with Gasteiger partial charge >= 0.3 is 0 Å². The van der Waals surface area contributed by atoms with Crippen molar-refractivity contribution in [3.63, 3.8) is 0 Å². The zero-order chi connectivity index (χ0) is 39.9. The first-order valence-electron chi connectivity index (χ1n) is 20.2. The van der Waals surface area contributed by atoms with Gasteiger partial charge in [0.25, 0.3) is 0 Å². The molecule has 5 heteroatoms. The van der Waals surface area contributed by atoms with Crippen LogP contribution >= 0.6 is 0 Å². The van der Waals surface area contributed by atoms with Crippen LogP contribution in [0.1, 0.15) is 38.8 Å². The standard InChI is InChI=1S/C54H40N4O/c1-53(2)44-21-12-11-20-41(44)42-28-26-38(32-45(42)54(53,3)4)37-18-13-19-39(30-37)50-56-49(35-14-7-5-8-15-35)57-51(58-50)40-25-23-33-22-24-34-27-29-46-48(47(34)43(33)31-40)59-52(55-46)36-16-9-6-10-17-36/h5-32H,1-4H3. The Kier molecular flexibility index (Phi) is 7.79. The van der Waals surface area contributed by atoms with Crippen LogP contribution in [0.4, 0.5) is 0 Å². The molecule has 0 amide bonds. The second kappa shape index (κ2) is 13.2. The number of benzene rings is 8. The van der Waals surface area contributed by atoms with E-state index in [2.05, 4.69) is 131 Å². The van der Waals surface area contributed by atoms with Crippen LogP contribution in [0.3, 0.4) is 0 Å². The Balaban J connectivity index is 1.05. The smallest absolute Gasteiger partial charge is 0.227 e. The van der Waals surface area contributed by atoms with E-state index in [0.29, 0.717) is 23.4 Å². The molecule has 2 aromatic heterocycles. The van der Waals surface area contributed by atoms with Crippen molar-refractivity contribution >= 4 is 32.6 Å². The number of hydrogen-bond acceptors (Lipinski definition) is 5. The maximum atomic E-state index is 6.54. The zero-order valence-electron chi connectivity index (χ0n) is 33.4. The van der Waals surface area contributed by atoms with Gasteiger partial charge in [-0.1, -0.05) is 161 Å². The number of oxazole rings is 1. The van der Waals surface area contributed by atoms with Gasteiger partial charge in [-0.2, -0.15) is 0 Å². The lowest BCUT2D eigenvalue weighted by Gasteiger charge is -2.48. The Bertz CT molecular complexity index is 3270. The second-order valence-corrected chi connectivity index (χ2v) is 16.7. The topological polar surface area (TPSA) is 64.7 Å². The molecule has 8 aromatic carbocycles. The van der Waals surface area contributed by atoms with Gasteiger partial charge < -0.3 is 4.42 Å². The third-order valence-corrected chi connectivity index (χ3v) is 12.9. The van der Waals surface area contributed by atoms with Crippen molar-refractivity contribution < 1.29 is 4.42 Å². The molecule has 10 aromatic rings. The predicted molar refractivity (Wildman–Crippen MR) is 241 cm³/mol. The number of hydrogen-bond donors (Lipinski definition) is 0. The van der Waals surface area contributed by atoms with Crippen LogP contribution in [0.2, 0.25) is 0 Å². The van der Waals surface area contributed by atoms with Gasteiger partial charge in [0.2, 0.25) is 5.89 Å². The molecular formula is C54H40N4O. The van der Waals surface area contributed by atoms with Gasteiger partial charge in [0.1, 0.15) is 5.52 Å². The molecule has 11 rings (SSSR count). The van der Waals surface area contributed by atoms with Gasteiger partial charge in [0.15, 0.2) is 23.1 Å². The molecule has 2 heterocycles. The van der Waals surface area contributed by atoms with Crippen LogP contribution in [-0.2, 0) is 10.8 Å². The molecule has 282 valence electrons. The molecule has 1 aliphatic rings. The normalized spacial score (nSPS) is 14.0. The van der Waals surface area contributed by atoms with Gasteiger partial charge in [-0.15, -0.1) is 0 Å². The van der Waals surface area contributed by atoms with Gasteiger partial charge in [-0.25, -0.2) is 19.9 Å². The van der Waals surface area contributed by atoms with Gasteiger partial charge in [-0.05, 0) is 96.8 Å². The molecule has 59 heavy (non-hydrogen) atoms. The number of fused-ring (bicyclic) bond motifs is 8. The number of nitrogens with zero attached hydrogens (tertiary/aromatic N) is 4. The Morgan fingerprint density at radius 1 is 0.390 bits per heavy atom. The molecule has 0 atom stereocenters. The van der Waals surface area contributed by atoms with Crippen molar-refractivity contribution in [2.45, 2.75) is 38.5 Å². The van der Waals surface area contributed by atoms with E-state index < -0.39 is 0 Å². The molecule has 0 fully saturated rings. The molecule has 0 unspecified atom stereocenters. The van der Waals surface area contributed by atoms with Gasteiger partial charge in [-0.3, -0.25) is 0 Å². The highest BCUT2D eigenvalue weighted by Gasteiger charge is 2.45. The summed E-state index contributed by atoms with van der Waals surface area (Å²) in [5, 5.41) is 4.24. The van der Waals surface area contributed by atoms with Crippen LogP contribution in [0.25, 0.3) is 101 Å². The van der Waals surface area contributed by atoms with Crippen LogP contribution in [0, 0.1) is 0 Å². The van der Waals surface area contributed by atoms with Gasteiger partial charge in [0.05, 0.1) is 0 Å². The van der Waals surface area contributed by atoms with Crippen molar-refractivity contribution in [1.82, 2.24) is 19.9 Å². The molecule has 0 N–H and O–H groups in total. The summed E-state index contributed by atoms with van der Waals surface area (Å²) in [6.07, 6.45) is 0. The highest BCUT2D eigenvalue weighted by atomic mass is 16.3. The SMILES string of the molecule is CC1(C)c2ccccc2-c2ccc(-c3cccc(-c4nc(-c5ccccc5)nc(-c5ccc6ccc7ccc8nc(-c9ccccc9)oc8c7c6c5)n4)c3)cc2C1(C)C. The summed E-state index contributed by atoms with van der Waals surface area (Å²) in [4.78, 5) is 20.3. The average Bonchev–Trinajstić information content (AvgIpc) is 3.73. The predicted octanol–water partition coefficient (Wildman–Crippen LogP) is 13.9. The summed E-state index contributed by atoms with van der Waals surface area (Å²) >= 11 is 0. The monoisotopic (exact) mass is 760 g/mol. The minimum atomic E-state index is -0.0907. The van der Waals surface area contributed by atoms with Crippen LogP contribution in [0.5, 0.6) is 0 Å². The molecule has 0 saturated carbocycles. The largest absolute Gasteiger partial charge is 0.435 e. The molecule has 0 aliphatic heterocycles. The third kappa shape index (κ3) is 5.60. The van der Waals surface area contributed by atoms with E-state index >= 15 is 0 Å². The highest BCUT2D eigenvalue weighted by Crippen LogP contribution is 2.54. The maximum Gasteiger partial charge on any atom is 0.227 e. The molecule has 0 radical (unpaired) electrons. The van der Waals surface area contributed by atoms with E-state index in [9.17, 15) is 0 Å². The molecule has 0 spiro atoms.